The van der Waals surface area contributed by atoms with Crippen LogP contribution in [0.3, 0.4) is 0 Å². The summed E-state index contributed by atoms with van der Waals surface area (Å²) >= 11 is 0. The number of hydrogen-bond donors (Lipinski definition) is 1. The van der Waals surface area contributed by atoms with E-state index >= 15 is 0 Å². The molecule has 0 spiro atoms. The Balaban J connectivity index is 2.20. The highest BCUT2D eigenvalue weighted by molar-refractivity contribution is 5.75. The Hall–Kier alpha value is -1.45. The predicted octanol–water partition coefficient (Wildman–Crippen LogP) is 3.58. The standard InChI is InChI=1S/C15H20FNO2/c16-13-8-12(10-17-11-13)9-15(14(18)19)6-4-2-1-3-5-7-15/h8,10-11H,1-7,9H2,(H,18,19). The maximum atomic E-state index is 13.2. The van der Waals surface area contributed by atoms with Crippen LogP contribution in [0.4, 0.5) is 4.39 Å². The van der Waals surface area contributed by atoms with Gasteiger partial charge in [-0.15, -0.1) is 0 Å². The molecule has 19 heavy (non-hydrogen) atoms. The molecule has 104 valence electrons. The zero-order chi connectivity index (χ0) is 13.7. The fraction of sp³-hybridized carbons (Fsp3) is 0.600. The monoisotopic (exact) mass is 265 g/mol. The van der Waals surface area contributed by atoms with E-state index in [1.54, 1.807) is 6.20 Å². The van der Waals surface area contributed by atoms with Crippen molar-refractivity contribution in [3.05, 3.63) is 29.8 Å². The molecule has 0 radical (unpaired) electrons. The van der Waals surface area contributed by atoms with Crippen LogP contribution in [0.15, 0.2) is 18.5 Å². The molecule has 4 heteroatoms. The SMILES string of the molecule is O=C(O)C1(Cc2cncc(F)c2)CCCCCCC1. The van der Waals surface area contributed by atoms with Crippen LogP contribution in [0.5, 0.6) is 0 Å². The molecule has 1 heterocycles. The van der Waals surface area contributed by atoms with Gasteiger partial charge in [-0.05, 0) is 30.9 Å². The summed E-state index contributed by atoms with van der Waals surface area (Å²) in [6.07, 6.45) is 9.72. The van der Waals surface area contributed by atoms with Gasteiger partial charge in [-0.3, -0.25) is 9.78 Å². The van der Waals surface area contributed by atoms with Crippen molar-refractivity contribution in [2.75, 3.05) is 0 Å². The fourth-order valence-corrected chi connectivity index (χ4v) is 2.99. The third kappa shape index (κ3) is 3.52. The Morgan fingerprint density at radius 1 is 1.21 bits per heavy atom. The Kier molecular flexibility index (Phi) is 4.51. The highest BCUT2D eigenvalue weighted by Crippen LogP contribution is 2.37. The minimum atomic E-state index is -0.751. The summed E-state index contributed by atoms with van der Waals surface area (Å²) in [6.45, 7) is 0. The number of aliphatic carboxylic acids is 1. The van der Waals surface area contributed by atoms with Gasteiger partial charge in [0.15, 0.2) is 0 Å². The Morgan fingerprint density at radius 3 is 2.42 bits per heavy atom. The highest BCUT2D eigenvalue weighted by Gasteiger charge is 2.38. The lowest BCUT2D eigenvalue weighted by atomic mass is 9.72. The van der Waals surface area contributed by atoms with Crippen LogP contribution < -0.4 is 0 Å². The van der Waals surface area contributed by atoms with E-state index < -0.39 is 17.2 Å². The summed E-state index contributed by atoms with van der Waals surface area (Å²) in [7, 11) is 0. The molecule has 1 aliphatic carbocycles. The van der Waals surface area contributed by atoms with Gasteiger partial charge >= 0.3 is 5.97 Å². The van der Waals surface area contributed by atoms with Gasteiger partial charge in [-0.1, -0.05) is 32.1 Å². The molecule has 1 saturated carbocycles. The molecule has 1 fully saturated rings. The lowest BCUT2D eigenvalue weighted by Crippen LogP contribution is -2.34. The van der Waals surface area contributed by atoms with Crippen molar-refractivity contribution < 1.29 is 14.3 Å². The van der Waals surface area contributed by atoms with Gasteiger partial charge in [0.2, 0.25) is 0 Å². The number of halogens is 1. The van der Waals surface area contributed by atoms with Gasteiger partial charge in [-0.2, -0.15) is 0 Å². The molecular formula is C15H20FNO2. The van der Waals surface area contributed by atoms with Crippen LogP contribution in [-0.2, 0) is 11.2 Å². The zero-order valence-electron chi connectivity index (χ0n) is 11.1. The quantitative estimate of drug-likeness (QED) is 0.908. The maximum absolute atomic E-state index is 13.2. The lowest BCUT2D eigenvalue weighted by Gasteiger charge is -2.31. The van der Waals surface area contributed by atoms with E-state index in [1.807, 2.05) is 0 Å². The Morgan fingerprint density at radius 2 is 1.84 bits per heavy atom. The minimum absolute atomic E-state index is 0.382. The van der Waals surface area contributed by atoms with Gasteiger partial charge in [-0.25, -0.2) is 4.39 Å². The summed E-state index contributed by atoms with van der Waals surface area (Å²) in [5.74, 6) is -1.15. The predicted molar refractivity (Wildman–Crippen MR) is 70.3 cm³/mol. The van der Waals surface area contributed by atoms with E-state index in [4.69, 9.17) is 0 Å². The van der Waals surface area contributed by atoms with Crippen molar-refractivity contribution in [1.82, 2.24) is 4.98 Å². The second-order valence-electron chi connectivity index (χ2n) is 5.54. The first kappa shape index (κ1) is 14.0. The van der Waals surface area contributed by atoms with Crippen LogP contribution in [0, 0.1) is 11.2 Å². The van der Waals surface area contributed by atoms with E-state index in [2.05, 4.69) is 4.98 Å². The minimum Gasteiger partial charge on any atom is -0.481 e. The molecule has 1 aromatic heterocycles. The first-order valence-electron chi connectivity index (χ1n) is 6.95. The van der Waals surface area contributed by atoms with Crippen LogP contribution in [0.1, 0.15) is 50.5 Å². The average Bonchev–Trinajstić information content (AvgIpc) is 2.32. The number of carboxylic acids is 1. The third-order valence-corrected chi connectivity index (χ3v) is 4.07. The molecule has 0 aliphatic heterocycles. The van der Waals surface area contributed by atoms with Crippen molar-refractivity contribution in [2.45, 2.75) is 51.4 Å². The van der Waals surface area contributed by atoms with E-state index in [1.165, 1.54) is 12.5 Å². The number of nitrogens with zero attached hydrogens (tertiary/aromatic N) is 1. The molecule has 1 aliphatic rings. The second kappa shape index (κ2) is 6.13. The van der Waals surface area contributed by atoms with Crippen molar-refractivity contribution in [1.29, 1.82) is 0 Å². The average molecular weight is 265 g/mol. The van der Waals surface area contributed by atoms with E-state index in [0.717, 1.165) is 31.9 Å². The van der Waals surface area contributed by atoms with Crippen molar-refractivity contribution >= 4 is 5.97 Å². The highest BCUT2D eigenvalue weighted by atomic mass is 19.1. The van der Waals surface area contributed by atoms with Gasteiger partial charge in [0.1, 0.15) is 5.82 Å². The molecular weight excluding hydrogens is 245 g/mol. The lowest BCUT2D eigenvalue weighted by molar-refractivity contribution is -0.150. The topological polar surface area (TPSA) is 50.2 Å². The van der Waals surface area contributed by atoms with Crippen LogP contribution in [0.2, 0.25) is 0 Å². The molecule has 0 saturated heterocycles. The van der Waals surface area contributed by atoms with Crippen molar-refractivity contribution in [2.24, 2.45) is 5.41 Å². The molecule has 3 nitrogen and oxygen atoms in total. The van der Waals surface area contributed by atoms with Gasteiger partial charge < -0.3 is 5.11 Å². The Bertz CT molecular complexity index is 440. The van der Waals surface area contributed by atoms with E-state index in [-0.39, 0.29) is 0 Å². The number of carboxylic acid groups (broad SMARTS) is 1. The second-order valence-corrected chi connectivity index (χ2v) is 5.54. The largest absolute Gasteiger partial charge is 0.481 e. The molecule has 0 aromatic carbocycles. The first-order valence-corrected chi connectivity index (χ1v) is 6.95. The summed E-state index contributed by atoms with van der Waals surface area (Å²) < 4.78 is 13.2. The fourth-order valence-electron chi connectivity index (χ4n) is 2.99. The first-order chi connectivity index (χ1) is 9.12. The van der Waals surface area contributed by atoms with E-state index in [9.17, 15) is 14.3 Å². The van der Waals surface area contributed by atoms with Gasteiger partial charge in [0.05, 0.1) is 11.6 Å². The third-order valence-electron chi connectivity index (χ3n) is 4.07. The molecule has 2 rings (SSSR count). The molecule has 0 atom stereocenters. The maximum Gasteiger partial charge on any atom is 0.309 e. The number of rotatable bonds is 3. The molecule has 0 bridgehead atoms. The normalized spacial score (nSPS) is 19.4. The number of carbonyl (C=O) groups is 1. The number of pyridine rings is 1. The summed E-state index contributed by atoms with van der Waals surface area (Å²) in [4.78, 5) is 15.5. The van der Waals surface area contributed by atoms with Crippen LogP contribution >= 0.6 is 0 Å². The summed E-state index contributed by atoms with van der Waals surface area (Å²) in [5.41, 5.74) is -0.0569. The molecule has 1 N–H and O–H groups in total. The number of hydrogen-bond acceptors (Lipinski definition) is 2. The van der Waals surface area contributed by atoms with Crippen molar-refractivity contribution in [3.63, 3.8) is 0 Å². The molecule has 1 aromatic rings. The Labute approximate surface area is 112 Å². The molecule has 0 amide bonds. The summed E-state index contributed by atoms with van der Waals surface area (Å²) in [6, 6.07) is 1.40. The molecule has 0 unspecified atom stereocenters. The van der Waals surface area contributed by atoms with Crippen molar-refractivity contribution in [3.8, 4) is 0 Å². The van der Waals surface area contributed by atoms with Crippen LogP contribution in [-0.4, -0.2) is 16.1 Å². The summed E-state index contributed by atoms with van der Waals surface area (Å²) in [5, 5.41) is 9.62. The number of aromatic nitrogens is 1. The smallest absolute Gasteiger partial charge is 0.309 e. The van der Waals surface area contributed by atoms with Gasteiger partial charge in [0.25, 0.3) is 0 Å². The van der Waals surface area contributed by atoms with Gasteiger partial charge in [0, 0.05) is 6.20 Å². The van der Waals surface area contributed by atoms with Crippen LogP contribution in [0.25, 0.3) is 0 Å². The zero-order valence-corrected chi connectivity index (χ0v) is 11.1. The van der Waals surface area contributed by atoms with E-state index in [0.29, 0.717) is 24.8 Å².